The summed E-state index contributed by atoms with van der Waals surface area (Å²) < 4.78 is 8.96. The van der Waals surface area contributed by atoms with E-state index in [1.54, 1.807) is 17.5 Å². The van der Waals surface area contributed by atoms with Gasteiger partial charge in [-0.3, -0.25) is 4.98 Å². The summed E-state index contributed by atoms with van der Waals surface area (Å²) in [4.78, 5) is 20.2. The van der Waals surface area contributed by atoms with E-state index >= 15 is 0 Å². The summed E-state index contributed by atoms with van der Waals surface area (Å²) in [7, 11) is 0. The summed E-state index contributed by atoms with van der Waals surface area (Å²) >= 11 is 1.77. The lowest BCUT2D eigenvalue weighted by molar-refractivity contribution is 0.657. The van der Waals surface area contributed by atoms with Crippen LogP contribution in [0.4, 0.5) is 0 Å². The Labute approximate surface area is 274 Å². The monoisotopic (exact) mass is 622 g/mol. The molecule has 10 rings (SSSR count). The Hall–Kier alpha value is -5.72. The van der Waals surface area contributed by atoms with E-state index in [1.807, 2.05) is 30.3 Å². The second-order valence-corrected chi connectivity index (χ2v) is 13.7. The number of fused-ring (bicyclic) bond motifs is 10. The number of hydrogen-bond acceptors (Lipinski definition) is 6. The molecular weight excluding hydrogens is 597 g/mol. The number of hydrogen-bond donors (Lipinski definition) is 0. The molecule has 47 heavy (non-hydrogen) atoms. The van der Waals surface area contributed by atoms with Crippen molar-refractivity contribution in [3.05, 3.63) is 133 Å². The number of pyridine rings is 1. The Bertz CT molecular complexity index is 2720. The highest BCUT2D eigenvalue weighted by molar-refractivity contribution is 7.26. The van der Waals surface area contributed by atoms with Gasteiger partial charge in [0.2, 0.25) is 0 Å². The lowest BCUT2D eigenvalue weighted by atomic mass is 9.80. The fourth-order valence-electron chi connectivity index (χ4n) is 7.50. The van der Waals surface area contributed by atoms with E-state index < -0.39 is 0 Å². The van der Waals surface area contributed by atoms with Gasteiger partial charge in [0, 0.05) is 53.7 Å². The average molecular weight is 623 g/mol. The molecule has 0 atom stereocenters. The lowest BCUT2D eigenvalue weighted by Crippen LogP contribution is -2.15. The van der Waals surface area contributed by atoms with Gasteiger partial charge in [0.25, 0.3) is 0 Å². The molecule has 0 bridgehead atoms. The number of rotatable bonds is 3. The lowest BCUT2D eigenvalue weighted by Gasteiger charge is -2.22. The fraction of sp³-hybridized carbons (Fsp3) is 0.0732. The van der Waals surface area contributed by atoms with Gasteiger partial charge in [-0.1, -0.05) is 92.7 Å². The van der Waals surface area contributed by atoms with Gasteiger partial charge in [-0.15, -0.1) is 11.3 Å². The zero-order valence-corrected chi connectivity index (χ0v) is 26.5. The minimum Gasteiger partial charge on any atom is -0.456 e. The summed E-state index contributed by atoms with van der Waals surface area (Å²) in [6, 6.07) is 39.9. The molecule has 0 spiro atoms. The van der Waals surface area contributed by atoms with E-state index in [9.17, 15) is 0 Å². The van der Waals surface area contributed by atoms with Gasteiger partial charge in [0.05, 0.1) is 0 Å². The number of thiophene rings is 1. The minimum atomic E-state index is -0.269. The fourth-order valence-corrected chi connectivity index (χ4v) is 8.71. The van der Waals surface area contributed by atoms with Gasteiger partial charge in [-0.2, -0.15) is 0 Å². The van der Waals surface area contributed by atoms with Crippen molar-refractivity contribution in [2.24, 2.45) is 0 Å². The predicted octanol–water partition coefficient (Wildman–Crippen LogP) is 10.8. The van der Waals surface area contributed by atoms with Crippen molar-refractivity contribution in [3.63, 3.8) is 0 Å². The molecule has 0 saturated carbocycles. The van der Waals surface area contributed by atoms with Crippen LogP contribution in [0.5, 0.6) is 0 Å². The van der Waals surface area contributed by atoms with Crippen LogP contribution in [0.25, 0.3) is 87.5 Å². The van der Waals surface area contributed by atoms with Crippen molar-refractivity contribution in [1.29, 1.82) is 0 Å². The largest absolute Gasteiger partial charge is 0.456 e. The van der Waals surface area contributed by atoms with E-state index in [-0.39, 0.29) is 5.41 Å². The van der Waals surface area contributed by atoms with Gasteiger partial charge in [-0.05, 0) is 58.7 Å². The molecule has 0 radical (unpaired) electrons. The zero-order valence-electron chi connectivity index (χ0n) is 25.7. The van der Waals surface area contributed by atoms with E-state index in [0.29, 0.717) is 23.2 Å². The number of benzene rings is 5. The summed E-state index contributed by atoms with van der Waals surface area (Å²) in [5.41, 5.74) is 8.90. The Morgan fingerprint density at radius 2 is 1.30 bits per heavy atom. The number of para-hydroxylation sites is 1. The smallest absolute Gasteiger partial charge is 0.182 e. The molecule has 9 aromatic rings. The molecule has 0 N–H and O–H groups in total. The molecule has 0 unspecified atom stereocenters. The van der Waals surface area contributed by atoms with Crippen LogP contribution < -0.4 is 0 Å². The highest BCUT2D eigenvalue weighted by atomic mass is 32.1. The van der Waals surface area contributed by atoms with Gasteiger partial charge in [-0.25, -0.2) is 15.0 Å². The maximum absolute atomic E-state index is 6.57. The number of nitrogens with zero attached hydrogens (tertiary/aromatic N) is 4. The van der Waals surface area contributed by atoms with Crippen molar-refractivity contribution < 1.29 is 4.42 Å². The van der Waals surface area contributed by atoms with E-state index in [2.05, 4.69) is 104 Å². The third-order valence-electron chi connectivity index (χ3n) is 9.58. The molecule has 4 aromatic heterocycles. The van der Waals surface area contributed by atoms with Crippen LogP contribution in [0, 0.1) is 0 Å². The number of aromatic nitrogens is 4. The van der Waals surface area contributed by atoms with E-state index in [1.165, 1.54) is 32.2 Å². The maximum atomic E-state index is 6.57. The molecular formula is C41H26N4OS. The molecule has 1 aliphatic rings. The number of furan rings is 1. The summed E-state index contributed by atoms with van der Waals surface area (Å²) in [5, 5.41) is 4.70. The second-order valence-electron chi connectivity index (χ2n) is 12.6. The van der Waals surface area contributed by atoms with Crippen LogP contribution in [-0.4, -0.2) is 19.9 Å². The molecule has 0 amide bonds. The highest BCUT2D eigenvalue weighted by Gasteiger charge is 2.40. The molecule has 0 aliphatic heterocycles. The maximum Gasteiger partial charge on any atom is 0.182 e. The first kappa shape index (κ1) is 26.5. The summed E-state index contributed by atoms with van der Waals surface area (Å²) in [5.74, 6) is 1.75. The molecule has 1 aliphatic carbocycles. The normalized spacial score (nSPS) is 13.5. The molecule has 0 saturated heterocycles. The van der Waals surface area contributed by atoms with Gasteiger partial charge < -0.3 is 4.42 Å². The highest BCUT2D eigenvalue weighted by Crippen LogP contribution is 2.56. The molecule has 4 heterocycles. The third-order valence-corrected chi connectivity index (χ3v) is 10.8. The van der Waals surface area contributed by atoms with Crippen LogP contribution in [0.1, 0.15) is 25.0 Å². The van der Waals surface area contributed by atoms with Crippen molar-refractivity contribution in [2.75, 3.05) is 0 Å². The van der Waals surface area contributed by atoms with Crippen LogP contribution in [0.2, 0.25) is 0 Å². The predicted molar refractivity (Wildman–Crippen MR) is 192 cm³/mol. The Balaban J connectivity index is 1.33. The van der Waals surface area contributed by atoms with Crippen LogP contribution in [-0.2, 0) is 5.41 Å². The first-order chi connectivity index (χ1) is 23.1. The summed E-state index contributed by atoms with van der Waals surface area (Å²) in [6.45, 7) is 4.62. The van der Waals surface area contributed by atoms with E-state index in [0.717, 1.165) is 43.3 Å². The topological polar surface area (TPSA) is 64.7 Å². The molecule has 222 valence electrons. The van der Waals surface area contributed by atoms with Gasteiger partial charge >= 0.3 is 0 Å². The van der Waals surface area contributed by atoms with Crippen molar-refractivity contribution in [1.82, 2.24) is 19.9 Å². The van der Waals surface area contributed by atoms with Gasteiger partial charge in [0.15, 0.2) is 17.5 Å². The SMILES string of the molecule is CC1(C)c2ccccc2-c2c(-c3nc(-c4ccccn4)nc(-c4cccc5c4sc4ccccc45)n3)cc3oc4ccccc4c3c21. The second kappa shape index (κ2) is 9.64. The molecule has 5 nitrogen and oxygen atoms in total. The molecule has 6 heteroatoms. The Morgan fingerprint density at radius 3 is 2.17 bits per heavy atom. The first-order valence-electron chi connectivity index (χ1n) is 15.7. The Morgan fingerprint density at radius 1 is 0.596 bits per heavy atom. The zero-order chi connectivity index (χ0) is 31.3. The quantitative estimate of drug-likeness (QED) is 0.196. The molecule has 5 aromatic carbocycles. The molecule has 0 fully saturated rings. The van der Waals surface area contributed by atoms with E-state index in [4.69, 9.17) is 19.4 Å². The first-order valence-corrected chi connectivity index (χ1v) is 16.5. The third kappa shape index (κ3) is 3.76. The van der Waals surface area contributed by atoms with Gasteiger partial charge in [0.1, 0.15) is 16.9 Å². The Kier molecular flexibility index (Phi) is 5.44. The minimum absolute atomic E-state index is 0.269. The summed E-state index contributed by atoms with van der Waals surface area (Å²) in [6.07, 6.45) is 1.78. The van der Waals surface area contributed by atoms with Crippen LogP contribution in [0.3, 0.4) is 0 Å². The van der Waals surface area contributed by atoms with Crippen LogP contribution in [0.15, 0.2) is 126 Å². The van der Waals surface area contributed by atoms with Crippen molar-refractivity contribution in [2.45, 2.75) is 19.3 Å². The average Bonchev–Trinajstić information content (AvgIpc) is 3.76. The van der Waals surface area contributed by atoms with Crippen molar-refractivity contribution >= 4 is 53.4 Å². The standard InChI is InChI=1S/C41H26N4OS/c1-41(2)29-17-6-3-13-25(29)34-28(22-32-35(36(34)41)26-14-4-7-19-31(26)46-32)39-43-38(44-40(45-39)30-18-9-10-21-42-30)27-16-11-15-24-23-12-5-8-20-33(23)47-37(24)27/h3-22H,1-2H3. The van der Waals surface area contributed by atoms with Crippen molar-refractivity contribution in [3.8, 4) is 45.4 Å². The van der Waals surface area contributed by atoms with Crippen LogP contribution >= 0.6 is 11.3 Å².